The van der Waals surface area contributed by atoms with Crippen LogP contribution in [0.25, 0.3) is 10.8 Å². The Morgan fingerprint density at radius 2 is 1.62 bits per heavy atom. The van der Waals surface area contributed by atoms with Gasteiger partial charge in [-0.25, -0.2) is 0 Å². The van der Waals surface area contributed by atoms with Crippen LogP contribution < -0.4 is 4.90 Å². The number of fused-ring (bicyclic) bond motifs is 1. The van der Waals surface area contributed by atoms with Gasteiger partial charge < -0.3 is 9.80 Å². The van der Waals surface area contributed by atoms with Gasteiger partial charge in [-0.05, 0) is 53.4 Å². The van der Waals surface area contributed by atoms with Crippen molar-refractivity contribution in [3.63, 3.8) is 0 Å². The molecule has 3 aromatic rings. The van der Waals surface area contributed by atoms with Crippen LogP contribution >= 0.6 is 0 Å². The third kappa shape index (κ3) is 3.43. The first-order valence-corrected chi connectivity index (χ1v) is 9.29. The molecule has 0 saturated carbocycles. The Bertz CT molecular complexity index is 911. The number of hydrogen-bond acceptors (Lipinski definition) is 2. The lowest BCUT2D eigenvalue weighted by molar-refractivity contribution is 0.0793. The van der Waals surface area contributed by atoms with E-state index >= 15 is 0 Å². The number of carbonyl (C=O) groups excluding carboxylic acids is 1. The van der Waals surface area contributed by atoms with E-state index < -0.39 is 0 Å². The van der Waals surface area contributed by atoms with Crippen molar-refractivity contribution in [2.75, 3.05) is 25.0 Å². The highest BCUT2D eigenvalue weighted by atomic mass is 16.2. The monoisotopic (exact) mass is 344 g/mol. The van der Waals surface area contributed by atoms with Gasteiger partial charge in [-0.3, -0.25) is 4.79 Å². The molecule has 1 amide bonds. The molecule has 0 bridgehead atoms. The zero-order chi connectivity index (χ0) is 17.9. The fraction of sp³-hybridized carbons (Fsp3) is 0.261. The number of anilines is 1. The molecule has 3 nitrogen and oxygen atoms in total. The maximum absolute atomic E-state index is 12.4. The molecular weight excluding hydrogens is 320 g/mol. The van der Waals surface area contributed by atoms with Crippen LogP contribution in [0.3, 0.4) is 0 Å². The Balaban J connectivity index is 1.46. The lowest BCUT2D eigenvalue weighted by Crippen LogP contribution is -2.27. The Morgan fingerprint density at radius 3 is 2.35 bits per heavy atom. The third-order valence-corrected chi connectivity index (χ3v) is 5.19. The minimum atomic E-state index is 0.164. The lowest BCUT2D eigenvalue weighted by Gasteiger charge is -2.20. The molecular formula is C23H24N2O. The van der Waals surface area contributed by atoms with Gasteiger partial charge in [-0.15, -0.1) is 0 Å². The number of nitrogens with zero attached hydrogens (tertiary/aromatic N) is 2. The summed E-state index contributed by atoms with van der Waals surface area (Å²) in [5.74, 6) is 0.164. The minimum Gasteiger partial charge on any atom is -0.370 e. The number of carbonyl (C=O) groups is 1. The largest absolute Gasteiger partial charge is 0.370 e. The molecule has 0 unspecified atom stereocenters. The second-order valence-corrected chi connectivity index (χ2v) is 7.08. The maximum atomic E-state index is 12.4. The molecule has 1 heterocycles. The van der Waals surface area contributed by atoms with Crippen molar-refractivity contribution in [3.8, 4) is 0 Å². The SMILES string of the molecule is CN(Cc1ccc(C(=O)N2CCCC2)cc1)c1ccc2ccccc2c1. The summed E-state index contributed by atoms with van der Waals surface area (Å²) in [5, 5.41) is 2.51. The molecule has 0 N–H and O–H groups in total. The average molecular weight is 344 g/mol. The van der Waals surface area contributed by atoms with Crippen LogP contribution in [0.2, 0.25) is 0 Å². The molecule has 4 rings (SSSR count). The zero-order valence-electron chi connectivity index (χ0n) is 15.2. The van der Waals surface area contributed by atoms with E-state index in [4.69, 9.17) is 0 Å². The molecule has 3 heteroatoms. The van der Waals surface area contributed by atoms with E-state index in [1.165, 1.54) is 22.0 Å². The second kappa shape index (κ2) is 7.20. The van der Waals surface area contributed by atoms with Gasteiger partial charge in [0.05, 0.1) is 0 Å². The summed E-state index contributed by atoms with van der Waals surface area (Å²) in [6.45, 7) is 2.60. The third-order valence-electron chi connectivity index (χ3n) is 5.19. The van der Waals surface area contributed by atoms with E-state index in [9.17, 15) is 4.79 Å². The van der Waals surface area contributed by atoms with Gasteiger partial charge in [0.1, 0.15) is 0 Å². The Hall–Kier alpha value is -2.81. The highest BCUT2D eigenvalue weighted by Crippen LogP contribution is 2.23. The summed E-state index contributed by atoms with van der Waals surface area (Å²) in [4.78, 5) is 16.6. The van der Waals surface area contributed by atoms with Crippen LogP contribution in [0.1, 0.15) is 28.8 Å². The summed E-state index contributed by atoms with van der Waals surface area (Å²) in [6, 6.07) is 23.0. The fourth-order valence-electron chi connectivity index (χ4n) is 3.63. The van der Waals surface area contributed by atoms with Gasteiger partial charge in [-0.1, -0.05) is 42.5 Å². The van der Waals surface area contributed by atoms with Crippen LogP contribution in [0, 0.1) is 0 Å². The average Bonchev–Trinajstić information content (AvgIpc) is 3.22. The summed E-state index contributed by atoms with van der Waals surface area (Å²) in [6.07, 6.45) is 2.25. The number of rotatable bonds is 4. The molecule has 132 valence electrons. The van der Waals surface area contributed by atoms with Crippen molar-refractivity contribution >= 4 is 22.4 Å². The molecule has 3 aromatic carbocycles. The summed E-state index contributed by atoms with van der Waals surface area (Å²) < 4.78 is 0. The molecule has 1 aliphatic heterocycles. The smallest absolute Gasteiger partial charge is 0.253 e. The van der Waals surface area contributed by atoms with Gasteiger partial charge in [0.2, 0.25) is 0 Å². The quantitative estimate of drug-likeness (QED) is 0.684. The highest BCUT2D eigenvalue weighted by Gasteiger charge is 2.19. The number of likely N-dealkylation sites (tertiary alicyclic amines) is 1. The van der Waals surface area contributed by atoms with E-state index in [1.54, 1.807) is 0 Å². The van der Waals surface area contributed by atoms with Crippen molar-refractivity contribution in [3.05, 3.63) is 77.9 Å². The Kier molecular flexibility index (Phi) is 4.61. The van der Waals surface area contributed by atoms with E-state index in [0.29, 0.717) is 0 Å². The molecule has 1 fully saturated rings. The standard InChI is InChI=1S/C23H24N2O/c1-24(22-13-12-19-6-2-3-7-21(19)16-22)17-18-8-10-20(11-9-18)23(26)25-14-4-5-15-25/h2-3,6-13,16H,4-5,14-15,17H2,1H3. The zero-order valence-corrected chi connectivity index (χ0v) is 15.2. The van der Waals surface area contributed by atoms with Gasteiger partial charge in [0.25, 0.3) is 5.91 Å². The molecule has 0 radical (unpaired) electrons. The molecule has 0 aromatic heterocycles. The molecule has 1 saturated heterocycles. The Morgan fingerprint density at radius 1 is 0.923 bits per heavy atom. The minimum absolute atomic E-state index is 0.164. The van der Waals surface area contributed by atoms with Gasteiger partial charge >= 0.3 is 0 Å². The van der Waals surface area contributed by atoms with Crippen molar-refractivity contribution in [1.29, 1.82) is 0 Å². The first-order chi connectivity index (χ1) is 12.7. The van der Waals surface area contributed by atoms with Crippen LogP contribution in [0.15, 0.2) is 66.7 Å². The Labute approximate surface area is 154 Å². The normalized spacial score (nSPS) is 14.0. The van der Waals surface area contributed by atoms with Crippen molar-refractivity contribution < 1.29 is 4.79 Å². The lowest BCUT2D eigenvalue weighted by atomic mass is 10.1. The van der Waals surface area contributed by atoms with Crippen molar-refractivity contribution in [2.45, 2.75) is 19.4 Å². The first-order valence-electron chi connectivity index (χ1n) is 9.29. The second-order valence-electron chi connectivity index (χ2n) is 7.08. The van der Waals surface area contributed by atoms with Crippen molar-refractivity contribution in [2.24, 2.45) is 0 Å². The van der Waals surface area contributed by atoms with E-state index in [1.807, 2.05) is 17.0 Å². The fourth-order valence-corrected chi connectivity index (χ4v) is 3.63. The maximum Gasteiger partial charge on any atom is 0.253 e. The summed E-state index contributed by atoms with van der Waals surface area (Å²) in [7, 11) is 2.10. The molecule has 0 aliphatic carbocycles. The van der Waals surface area contributed by atoms with Gasteiger partial charge in [-0.2, -0.15) is 0 Å². The number of amides is 1. The van der Waals surface area contributed by atoms with E-state index in [2.05, 4.69) is 66.5 Å². The van der Waals surface area contributed by atoms with E-state index in [0.717, 1.165) is 38.0 Å². The topological polar surface area (TPSA) is 23.6 Å². The first kappa shape index (κ1) is 16.6. The van der Waals surface area contributed by atoms with Crippen LogP contribution in [0.4, 0.5) is 5.69 Å². The molecule has 26 heavy (non-hydrogen) atoms. The van der Waals surface area contributed by atoms with E-state index in [-0.39, 0.29) is 5.91 Å². The van der Waals surface area contributed by atoms with Crippen LogP contribution in [-0.4, -0.2) is 30.9 Å². The molecule has 1 aliphatic rings. The van der Waals surface area contributed by atoms with Crippen LogP contribution in [-0.2, 0) is 6.54 Å². The molecule has 0 spiro atoms. The van der Waals surface area contributed by atoms with Gasteiger partial charge in [0.15, 0.2) is 0 Å². The summed E-state index contributed by atoms with van der Waals surface area (Å²) >= 11 is 0. The highest BCUT2D eigenvalue weighted by molar-refractivity contribution is 5.94. The van der Waals surface area contributed by atoms with Crippen molar-refractivity contribution in [1.82, 2.24) is 4.90 Å². The van der Waals surface area contributed by atoms with Crippen LogP contribution in [0.5, 0.6) is 0 Å². The van der Waals surface area contributed by atoms with Gasteiger partial charge in [0, 0.05) is 37.9 Å². The predicted molar refractivity (Wildman–Crippen MR) is 108 cm³/mol. The number of benzene rings is 3. The number of hydrogen-bond donors (Lipinski definition) is 0. The summed E-state index contributed by atoms with van der Waals surface area (Å²) in [5.41, 5.74) is 3.20. The molecule has 0 atom stereocenters. The predicted octanol–water partition coefficient (Wildman–Crippen LogP) is 4.71.